The number of hydrogen-bond acceptors (Lipinski definition) is 4. The van der Waals surface area contributed by atoms with Crippen LogP contribution in [-0.4, -0.2) is 32.3 Å². The molecule has 1 atom stereocenters. The Morgan fingerprint density at radius 3 is 2.71 bits per heavy atom. The Morgan fingerprint density at radius 2 is 1.94 bits per heavy atom. The Hall–Kier alpha value is -3.09. The average Bonchev–Trinajstić information content (AvgIpc) is 3.43. The second-order valence-electron chi connectivity index (χ2n) is 8.43. The number of rotatable bonds is 4. The Morgan fingerprint density at radius 1 is 1.16 bits per heavy atom. The van der Waals surface area contributed by atoms with E-state index in [0.29, 0.717) is 13.1 Å². The summed E-state index contributed by atoms with van der Waals surface area (Å²) in [6.07, 6.45) is 5.29. The summed E-state index contributed by atoms with van der Waals surface area (Å²) < 4.78 is 7.50. The molecule has 1 saturated heterocycles. The molecule has 31 heavy (non-hydrogen) atoms. The lowest BCUT2D eigenvalue weighted by molar-refractivity contribution is 0.0916. The summed E-state index contributed by atoms with van der Waals surface area (Å²) in [4.78, 5) is 30.5. The van der Waals surface area contributed by atoms with Crippen LogP contribution in [0, 0.1) is 0 Å². The third kappa shape index (κ3) is 3.52. The van der Waals surface area contributed by atoms with Gasteiger partial charge in [0.2, 0.25) is 0 Å². The number of benzene rings is 1. The van der Waals surface area contributed by atoms with Gasteiger partial charge in [0.05, 0.1) is 11.7 Å². The van der Waals surface area contributed by atoms with E-state index >= 15 is 0 Å². The number of amides is 1. The van der Waals surface area contributed by atoms with Crippen molar-refractivity contribution in [2.24, 2.45) is 0 Å². The van der Waals surface area contributed by atoms with E-state index in [9.17, 15) is 9.59 Å². The molecule has 1 aliphatic carbocycles. The minimum absolute atomic E-state index is 0.00824. The maximum Gasteiger partial charge on any atom is 0.410 e. The molecule has 0 radical (unpaired) electrons. The van der Waals surface area contributed by atoms with Crippen LogP contribution < -0.4 is 5.56 Å². The van der Waals surface area contributed by atoms with Gasteiger partial charge in [0, 0.05) is 24.0 Å². The molecule has 2 aliphatic rings. The summed E-state index contributed by atoms with van der Waals surface area (Å²) in [5.41, 5.74) is 4.69. The number of pyridine rings is 1. The molecule has 2 aromatic heterocycles. The normalized spacial score (nSPS) is 18.4. The van der Waals surface area contributed by atoms with Crippen molar-refractivity contribution in [3.8, 4) is 0 Å². The maximum atomic E-state index is 13.0. The fourth-order valence-electron chi connectivity index (χ4n) is 5.05. The van der Waals surface area contributed by atoms with Crippen molar-refractivity contribution in [1.29, 1.82) is 0 Å². The van der Waals surface area contributed by atoms with Crippen LogP contribution in [0.15, 0.2) is 35.1 Å². The maximum absolute atomic E-state index is 13.0. The van der Waals surface area contributed by atoms with E-state index in [1.54, 1.807) is 0 Å². The molecule has 1 fully saturated rings. The van der Waals surface area contributed by atoms with Crippen LogP contribution >= 0.6 is 0 Å². The zero-order valence-electron chi connectivity index (χ0n) is 17.9. The molecule has 0 saturated carbocycles. The number of aromatic nitrogens is 3. The van der Waals surface area contributed by atoms with Crippen molar-refractivity contribution >= 4 is 17.1 Å². The Balaban J connectivity index is 1.50. The molecule has 1 amide bonds. The summed E-state index contributed by atoms with van der Waals surface area (Å²) in [6.45, 7) is 3.60. The van der Waals surface area contributed by atoms with E-state index in [0.717, 1.165) is 71.9 Å². The van der Waals surface area contributed by atoms with Crippen LogP contribution in [0.5, 0.6) is 0 Å². The highest BCUT2D eigenvalue weighted by Gasteiger charge is 2.36. The third-order valence-corrected chi connectivity index (χ3v) is 6.56. The Labute approximate surface area is 181 Å². The van der Waals surface area contributed by atoms with Crippen molar-refractivity contribution in [3.63, 3.8) is 0 Å². The molecular weight excluding hydrogens is 392 g/mol. The lowest BCUT2D eigenvalue weighted by atomic mass is 9.89. The SMILES string of the molecule is CCn1nc(C2CCCN2C(=O)OCc2ccccc2)c2c3c(c(=O)[nH]c21)CCCC3. The second-order valence-corrected chi connectivity index (χ2v) is 8.43. The van der Waals surface area contributed by atoms with Crippen LogP contribution in [-0.2, 0) is 30.7 Å². The van der Waals surface area contributed by atoms with Crippen molar-refractivity contribution in [3.05, 3.63) is 63.1 Å². The summed E-state index contributed by atoms with van der Waals surface area (Å²) in [6, 6.07) is 9.60. The van der Waals surface area contributed by atoms with E-state index in [1.807, 2.05) is 46.8 Å². The number of carbonyl (C=O) groups is 1. The first kappa shape index (κ1) is 19.8. The van der Waals surface area contributed by atoms with E-state index in [2.05, 4.69) is 4.98 Å². The summed E-state index contributed by atoms with van der Waals surface area (Å²) in [7, 11) is 0. The van der Waals surface area contributed by atoms with Gasteiger partial charge in [0.25, 0.3) is 5.56 Å². The predicted octanol–water partition coefficient (Wildman–Crippen LogP) is 4.10. The van der Waals surface area contributed by atoms with Crippen LogP contribution in [0.2, 0.25) is 0 Å². The molecule has 1 unspecified atom stereocenters. The van der Waals surface area contributed by atoms with E-state index in [1.165, 1.54) is 0 Å². The van der Waals surface area contributed by atoms with Crippen LogP contribution in [0.1, 0.15) is 61.0 Å². The molecular formula is C24H28N4O3. The number of aromatic amines is 1. The Bertz CT molecular complexity index is 1170. The average molecular weight is 421 g/mol. The van der Waals surface area contributed by atoms with Crippen molar-refractivity contribution < 1.29 is 9.53 Å². The number of ether oxygens (including phenoxy) is 1. The number of H-pyrrole nitrogens is 1. The largest absolute Gasteiger partial charge is 0.445 e. The van der Waals surface area contributed by atoms with E-state index < -0.39 is 0 Å². The molecule has 3 heterocycles. The van der Waals surface area contributed by atoms with Gasteiger partial charge in [-0.15, -0.1) is 0 Å². The highest BCUT2D eigenvalue weighted by molar-refractivity contribution is 5.85. The first-order chi connectivity index (χ1) is 15.2. The molecule has 3 aromatic rings. The third-order valence-electron chi connectivity index (χ3n) is 6.56. The number of likely N-dealkylation sites (tertiary alicyclic amines) is 1. The van der Waals surface area contributed by atoms with Crippen molar-refractivity contribution in [2.75, 3.05) is 6.54 Å². The van der Waals surface area contributed by atoms with Gasteiger partial charge in [-0.2, -0.15) is 5.10 Å². The molecule has 0 bridgehead atoms. The van der Waals surface area contributed by atoms with Gasteiger partial charge in [-0.05, 0) is 56.6 Å². The van der Waals surface area contributed by atoms with E-state index in [-0.39, 0.29) is 24.3 Å². The van der Waals surface area contributed by atoms with Gasteiger partial charge in [0.15, 0.2) is 0 Å². The second kappa shape index (κ2) is 8.21. The fraction of sp³-hybridized carbons (Fsp3) is 0.458. The summed E-state index contributed by atoms with van der Waals surface area (Å²) >= 11 is 0. The van der Waals surface area contributed by atoms with E-state index in [4.69, 9.17) is 9.84 Å². The lowest BCUT2D eigenvalue weighted by Crippen LogP contribution is -2.31. The molecule has 1 aromatic carbocycles. The van der Waals surface area contributed by atoms with Gasteiger partial charge < -0.3 is 9.72 Å². The lowest BCUT2D eigenvalue weighted by Gasteiger charge is -2.24. The minimum Gasteiger partial charge on any atom is -0.445 e. The number of hydrogen-bond donors (Lipinski definition) is 1. The number of nitrogens with one attached hydrogen (secondary N) is 1. The topological polar surface area (TPSA) is 80.2 Å². The first-order valence-electron chi connectivity index (χ1n) is 11.3. The summed E-state index contributed by atoms with van der Waals surface area (Å²) in [5.74, 6) is 0. The van der Waals surface area contributed by atoms with Gasteiger partial charge >= 0.3 is 6.09 Å². The summed E-state index contributed by atoms with van der Waals surface area (Å²) in [5, 5.41) is 5.93. The fourth-order valence-corrected chi connectivity index (χ4v) is 5.05. The number of nitrogens with zero attached hydrogens (tertiary/aromatic N) is 3. The standard InChI is InChI=1S/C24H28N4O3/c1-2-28-22-20(17-11-6-7-12-18(17)23(29)25-22)21(26-28)19-13-8-14-27(19)24(30)31-15-16-9-4-3-5-10-16/h3-5,9-10,19H,2,6-8,11-15H2,1H3,(H,25,29). The van der Waals surface area contributed by atoms with Gasteiger partial charge in [0.1, 0.15) is 12.3 Å². The van der Waals surface area contributed by atoms with Crippen molar-refractivity contribution in [2.45, 2.75) is 64.6 Å². The first-order valence-corrected chi connectivity index (χ1v) is 11.3. The molecule has 1 aliphatic heterocycles. The quantitative estimate of drug-likeness (QED) is 0.689. The van der Waals surface area contributed by atoms with Gasteiger partial charge in [-0.25, -0.2) is 9.48 Å². The molecule has 7 heteroatoms. The smallest absolute Gasteiger partial charge is 0.410 e. The molecule has 162 valence electrons. The van der Waals surface area contributed by atoms with Crippen molar-refractivity contribution in [1.82, 2.24) is 19.7 Å². The number of carbonyl (C=O) groups excluding carboxylic acids is 1. The monoisotopic (exact) mass is 420 g/mol. The molecule has 0 spiro atoms. The molecule has 7 nitrogen and oxygen atoms in total. The van der Waals surface area contributed by atoms with Gasteiger partial charge in [-0.1, -0.05) is 30.3 Å². The highest BCUT2D eigenvalue weighted by atomic mass is 16.6. The zero-order chi connectivity index (χ0) is 21.4. The number of fused-ring (bicyclic) bond motifs is 3. The van der Waals surface area contributed by atoms with Crippen LogP contribution in [0.25, 0.3) is 11.0 Å². The van der Waals surface area contributed by atoms with Crippen LogP contribution in [0.3, 0.4) is 0 Å². The zero-order valence-corrected chi connectivity index (χ0v) is 17.9. The molecule has 1 N–H and O–H groups in total. The highest BCUT2D eigenvalue weighted by Crippen LogP contribution is 2.38. The van der Waals surface area contributed by atoms with Gasteiger partial charge in [-0.3, -0.25) is 9.69 Å². The minimum atomic E-state index is -0.302. The predicted molar refractivity (Wildman–Crippen MR) is 118 cm³/mol. The number of aryl methyl sites for hydroxylation is 2. The molecule has 5 rings (SSSR count). The Kier molecular flexibility index (Phi) is 5.26. The van der Waals surface area contributed by atoms with Crippen LogP contribution in [0.4, 0.5) is 4.79 Å².